The number of ether oxygens (including phenoxy) is 1. The maximum atomic E-state index is 5.52. The van der Waals surface area contributed by atoms with Gasteiger partial charge in [0.1, 0.15) is 0 Å². The minimum absolute atomic E-state index is 0.502. The topological polar surface area (TPSA) is 21.3 Å². The Bertz CT molecular complexity index is 317. The largest absolute Gasteiger partial charge is 0.381 e. The molecule has 0 spiro atoms. The highest BCUT2D eigenvalue weighted by Crippen LogP contribution is 2.33. The third-order valence-electron chi connectivity index (χ3n) is 3.23. The van der Waals surface area contributed by atoms with Crippen LogP contribution in [0.15, 0.2) is 11.4 Å². The quantitative estimate of drug-likeness (QED) is 0.852. The Hall–Kier alpha value is -0.380. The van der Waals surface area contributed by atoms with Crippen LogP contribution in [0.3, 0.4) is 0 Å². The highest BCUT2D eigenvalue weighted by Gasteiger charge is 2.28. The van der Waals surface area contributed by atoms with Crippen molar-refractivity contribution in [3.63, 3.8) is 0 Å². The second-order valence-corrected chi connectivity index (χ2v) is 5.47. The predicted octanol–water partition coefficient (Wildman–Crippen LogP) is 3.13. The molecule has 2 nitrogen and oxygen atoms in total. The van der Waals surface area contributed by atoms with Crippen molar-refractivity contribution < 1.29 is 4.74 Å². The van der Waals surface area contributed by atoms with Crippen LogP contribution in [0, 0.1) is 12.8 Å². The van der Waals surface area contributed by atoms with Gasteiger partial charge in [-0.3, -0.25) is 0 Å². The molecular formula is C13H21NOS. The van der Waals surface area contributed by atoms with Gasteiger partial charge in [0.25, 0.3) is 0 Å². The smallest absolute Gasteiger partial charge is 0.0513 e. The highest BCUT2D eigenvalue weighted by molar-refractivity contribution is 7.10. The Kier molecular flexibility index (Phi) is 4.38. The summed E-state index contributed by atoms with van der Waals surface area (Å²) >= 11 is 1.88. The third kappa shape index (κ3) is 2.65. The fourth-order valence-corrected chi connectivity index (χ4v) is 3.39. The van der Waals surface area contributed by atoms with E-state index < -0.39 is 0 Å². The van der Waals surface area contributed by atoms with Crippen molar-refractivity contribution in [3.8, 4) is 0 Å². The summed E-state index contributed by atoms with van der Waals surface area (Å²) in [6, 6.07) is 2.72. The molecule has 1 aliphatic heterocycles. The maximum absolute atomic E-state index is 5.52. The number of hydrogen-bond donors (Lipinski definition) is 1. The van der Waals surface area contributed by atoms with E-state index in [0.29, 0.717) is 12.0 Å². The zero-order valence-electron chi connectivity index (χ0n) is 10.2. The van der Waals surface area contributed by atoms with E-state index in [2.05, 4.69) is 30.6 Å². The SMILES string of the molecule is CCCNC(c1sccc1C)C1CCOC1. The zero-order valence-corrected chi connectivity index (χ0v) is 11.0. The van der Waals surface area contributed by atoms with E-state index in [-0.39, 0.29) is 0 Å². The molecule has 90 valence electrons. The summed E-state index contributed by atoms with van der Waals surface area (Å²) in [5.41, 5.74) is 1.42. The molecule has 0 amide bonds. The predicted molar refractivity (Wildman–Crippen MR) is 69.0 cm³/mol. The molecule has 1 N–H and O–H groups in total. The molecular weight excluding hydrogens is 218 g/mol. The van der Waals surface area contributed by atoms with Crippen LogP contribution >= 0.6 is 11.3 Å². The summed E-state index contributed by atoms with van der Waals surface area (Å²) in [5.74, 6) is 0.656. The fourth-order valence-electron chi connectivity index (χ4n) is 2.29. The molecule has 1 aromatic heterocycles. The second kappa shape index (κ2) is 5.80. The average Bonchev–Trinajstić information content (AvgIpc) is 2.91. The van der Waals surface area contributed by atoms with Gasteiger partial charge >= 0.3 is 0 Å². The van der Waals surface area contributed by atoms with Crippen molar-refractivity contribution in [1.29, 1.82) is 0 Å². The first kappa shape index (κ1) is 12.1. The third-order valence-corrected chi connectivity index (χ3v) is 4.34. The van der Waals surface area contributed by atoms with Crippen LogP contribution in [0.5, 0.6) is 0 Å². The van der Waals surface area contributed by atoms with Crippen molar-refractivity contribution in [3.05, 3.63) is 21.9 Å². The molecule has 2 heterocycles. The van der Waals surface area contributed by atoms with Crippen LogP contribution in [0.2, 0.25) is 0 Å². The standard InChI is InChI=1S/C13H21NOS/c1-3-6-14-12(11-4-7-15-9-11)13-10(2)5-8-16-13/h5,8,11-12,14H,3-4,6-7,9H2,1-2H3. The minimum atomic E-state index is 0.502. The van der Waals surface area contributed by atoms with Crippen molar-refractivity contribution in [1.82, 2.24) is 5.32 Å². The van der Waals surface area contributed by atoms with E-state index in [9.17, 15) is 0 Å². The molecule has 2 unspecified atom stereocenters. The molecule has 0 aliphatic carbocycles. The first-order chi connectivity index (χ1) is 7.83. The van der Waals surface area contributed by atoms with Crippen LogP contribution in [0.25, 0.3) is 0 Å². The summed E-state index contributed by atoms with van der Waals surface area (Å²) in [7, 11) is 0. The van der Waals surface area contributed by atoms with Crippen molar-refractivity contribution in [2.75, 3.05) is 19.8 Å². The monoisotopic (exact) mass is 239 g/mol. The van der Waals surface area contributed by atoms with Gasteiger partial charge in [0, 0.05) is 23.4 Å². The Labute approximate surface area is 102 Å². The minimum Gasteiger partial charge on any atom is -0.381 e. The van der Waals surface area contributed by atoms with E-state index in [1.54, 1.807) is 0 Å². The molecule has 1 fully saturated rings. The van der Waals surface area contributed by atoms with E-state index in [1.807, 2.05) is 11.3 Å². The second-order valence-electron chi connectivity index (χ2n) is 4.52. The normalized spacial score (nSPS) is 22.5. The summed E-state index contributed by atoms with van der Waals surface area (Å²) in [6.45, 7) is 7.37. The van der Waals surface area contributed by atoms with Gasteiger partial charge in [-0.15, -0.1) is 11.3 Å². The number of thiophene rings is 1. The molecule has 2 atom stereocenters. The summed E-state index contributed by atoms with van der Waals surface area (Å²) < 4.78 is 5.52. The first-order valence-corrected chi connectivity index (χ1v) is 7.06. The van der Waals surface area contributed by atoms with Gasteiger partial charge in [0.15, 0.2) is 0 Å². The van der Waals surface area contributed by atoms with Crippen LogP contribution in [-0.4, -0.2) is 19.8 Å². The number of rotatable bonds is 5. The molecule has 0 bridgehead atoms. The van der Waals surface area contributed by atoms with Crippen LogP contribution in [0.4, 0.5) is 0 Å². The Morgan fingerprint density at radius 3 is 3.06 bits per heavy atom. The fraction of sp³-hybridized carbons (Fsp3) is 0.692. The number of aryl methyl sites for hydroxylation is 1. The van der Waals surface area contributed by atoms with E-state index in [4.69, 9.17) is 4.74 Å². The molecule has 0 radical (unpaired) electrons. The number of hydrogen-bond acceptors (Lipinski definition) is 3. The van der Waals surface area contributed by atoms with E-state index >= 15 is 0 Å². The Morgan fingerprint density at radius 1 is 1.62 bits per heavy atom. The molecule has 3 heteroatoms. The van der Waals surface area contributed by atoms with Gasteiger partial charge in [-0.2, -0.15) is 0 Å². The molecule has 1 saturated heterocycles. The molecule has 2 rings (SSSR count). The van der Waals surface area contributed by atoms with Crippen molar-refractivity contribution >= 4 is 11.3 Å². The zero-order chi connectivity index (χ0) is 11.4. The lowest BCUT2D eigenvalue weighted by Gasteiger charge is -2.23. The summed E-state index contributed by atoms with van der Waals surface area (Å²) in [4.78, 5) is 1.50. The Morgan fingerprint density at radius 2 is 2.50 bits per heavy atom. The molecule has 1 aliphatic rings. The maximum Gasteiger partial charge on any atom is 0.0513 e. The van der Waals surface area contributed by atoms with Crippen molar-refractivity contribution in [2.24, 2.45) is 5.92 Å². The first-order valence-electron chi connectivity index (χ1n) is 6.18. The van der Waals surface area contributed by atoms with Gasteiger partial charge in [-0.05, 0) is 43.3 Å². The average molecular weight is 239 g/mol. The molecule has 1 aromatic rings. The van der Waals surface area contributed by atoms with E-state index in [1.165, 1.54) is 23.3 Å². The lowest BCUT2D eigenvalue weighted by Crippen LogP contribution is -2.29. The molecule has 0 aromatic carbocycles. The molecule has 0 saturated carbocycles. The Balaban J connectivity index is 2.10. The lowest BCUT2D eigenvalue weighted by atomic mass is 9.96. The lowest BCUT2D eigenvalue weighted by molar-refractivity contribution is 0.177. The number of nitrogens with one attached hydrogen (secondary N) is 1. The van der Waals surface area contributed by atoms with Gasteiger partial charge in [0.05, 0.1) is 6.61 Å². The summed E-state index contributed by atoms with van der Waals surface area (Å²) in [5, 5.41) is 5.88. The van der Waals surface area contributed by atoms with Gasteiger partial charge in [-0.1, -0.05) is 6.92 Å². The van der Waals surface area contributed by atoms with Gasteiger partial charge in [0.2, 0.25) is 0 Å². The highest BCUT2D eigenvalue weighted by atomic mass is 32.1. The van der Waals surface area contributed by atoms with Crippen LogP contribution in [0.1, 0.15) is 36.2 Å². The molecule has 16 heavy (non-hydrogen) atoms. The van der Waals surface area contributed by atoms with E-state index in [0.717, 1.165) is 19.8 Å². The van der Waals surface area contributed by atoms with Crippen LogP contribution < -0.4 is 5.32 Å². The van der Waals surface area contributed by atoms with Crippen molar-refractivity contribution in [2.45, 2.75) is 32.7 Å². The summed E-state index contributed by atoms with van der Waals surface area (Å²) in [6.07, 6.45) is 2.38. The van der Waals surface area contributed by atoms with Gasteiger partial charge < -0.3 is 10.1 Å². The van der Waals surface area contributed by atoms with Crippen LogP contribution in [-0.2, 0) is 4.74 Å². The van der Waals surface area contributed by atoms with Gasteiger partial charge in [-0.25, -0.2) is 0 Å².